The molecule has 1 aromatic heterocycles. The van der Waals surface area contributed by atoms with Crippen LogP contribution in [0.1, 0.15) is 38.8 Å². The van der Waals surface area contributed by atoms with Gasteiger partial charge in [0.15, 0.2) is 11.0 Å². The van der Waals surface area contributed by atoms with E-state index in [9.17, 15) is 8.42 Å². The Kier molecular flexibility index (Phi) is 6.93. The Bertz CT molecular complexity index is 1150. The molecular formula is C23H30N4O2S2. The number of rotatable bonds is 7. The summed E-state index contributed by atoms with van der Waals surface area (Å²) in [6, 6.07) is 15.5. The van der Waals surface area contributed by atoms with Crippen LogP contribution in [0.4, 0.5) is 0 Å². The van der Waals surface area contributed by atoms with E-state index in [1.54, 1.807) is 30.0 Å². The van der Waals surface area contributed by atoms with E-state index in [1.807, 2.05) is 6.07 Å². The van der Waals surface area contributed by atoms with E-state index in [4.69, 9.17) is 0 Å². The number of benzene rings is 2. The first kappa shape index (κ1) is 23.5. The smallest absolute Gasteiger partial charge is 0.242 e. The van der Waals surface area contributed by atoms with Crippen molar-refractivity contribution in [1.29, 1.82) is 0 Å². The highest BCUT2D eigenvalue weighted by atomic mass is 32.2. The van der Waals surface area contributed by atoms with Gasteiger partial charge in [0.1, 0.15) is 0 Å². The second-order valence-electron chi connectivity index (χ2n) is 8.60. The molecule has 0 N–H and O–H groups in total. The third-order valence-electron chi connectivity index (χ3n) is 5.09. The van der Waals surface area contributed by atoms with Gasteiger partial charge in [-0.3, -0.25) is 0 Å². The maximum Gasteiger partial charge on any atom is 0.242 e. The van der Waals surface area contributed by atoms with E-state index in [1.165, 1.54) is 24.0 Å². The Hall–Kier alpha value is -2.16. The summed E-state index contributed by atoms with van der Waals surface area (Å²) >= 11 is 1.56. The zero-order valence-electron chi connectivity index (χ0n) is 19.0. The Morgan fingerprint density at radius 1 is 1.03 bits per heavy atom. The topological polar surface area (TPSA) is 68.1 Å². The van der Waals surface area contributed by atoms with Gasteiger partial charge in [-0.05, 0) is 35.6 Å². The largest absolute Gasteiger partial charge is 0.302 e. The molecule has 0 saturated heterocycles. The molecule has 0 aliphatic carbocycles. The normalized spacial score (nSPS) is 12.5. The zero-order chi connectivity index (χ0) is 22.8. The molecule has 2 aromatic carbocycles. The molecule has 0 unspecified atom stereocenters. The van der Waals surface area contributed by atoms with Crippen LogP contribution in [0.5, 0.6) is 0 Å². The Balaban J connectivity index is 1.81. The highest BCUT2D eigenvalue weighted by Gasteiger charge is 2.19. The van der Waals surface area contributed by atoms with E-state index in [0.29, 0.717) is 10.6 Å². The molecule has 166 valence electrons. The fraction of sp³-hybridized carbons (Fsp3) is 0.391. The summed E-state index contributed by atoms with van der Waals surface area (Å²) < 4.78 is 28.1. The zero-order valence-corrected chi connectivity index (χ0v) is 20.6. The summed E-state index contributed by atoms with van der Waals surface area (Å²) in [7, 11) is -0.375. The van der Waals surface area contributed by atoms with Crippen molar-refractivity contribution in [2.75, 3.05) is 14.1 Å². The second kappa shape index (κ2) is 9.14. The first-order chi connectivity index (χ1) is 14.5. The molecule has 0 aliphatic heterocycles. The van der Waals surface area contributed by atoms with Crippen LogP contribution < -0.4 is 0 Å². The molecule has 3 aromatic rings. The number of nitrogens with zero attached hydrogens (tertiary/aromatic N) is 4. The molecule has 0 radical (unpaired) electrons. The van der Waals surface area contributed by atoms with Crippen LogP contribution in [-0.4, -0.2) is 41.6 Å². The summed E-state index contributed by atoms with van der Waals surface area (Å²) in [5.41, 5.74) is 3.34. The van der Waals surface area contributed by atoms with Crippen LogP contribution in [0.3, 0.4) is 0 Å². The Morgan fingerprint density at radius 2 is 1.71 bits per heavy atom. The average Bonchev–Trinajstić information content (AvgIpc) is 3.14. The van der Waals surface area contributed by atoms with Crippen LogP contribution >= 0.6 is 11.8 Å². The van der Waals surface area contributed by atoms with Gasteiger partial charge in [0, 0.05) is 32.0 Å². The molecule has 0 saturated carbocycles. The predicted octanol–water partition coefficient (Wildman–Crippen LogP) is 4.81. The average molecular weight is 459 g/mol. The first-order valence-electron chi connectivity index (χ1n) is 10.2. The Labute approximate surface area is 189 Å². The molecule has 0 atom stereocenters. The van der Waals surface area contributed by atoms with Crippen LogP contribution in [-0.2, 0) is 27.7 Å². The molecule has 31 heavy (non-hydrogen) atoms. The maximum atomic E-state index is 12.4. The first-order valence-corrected chi connectivity index (χ1v) is 12.6. The number of sulfonamides is 1. The third kappa shape index (κ3) is 5.19. The van der Waals surface area contributed by atoms with Crippen LogP contribution in [0.15, 0.2) is 58.6 Å². The highest BCUT2D eigenvalue weighted by molar-refractivity contribution is 7.98. The molecule has 6 nitrogen and oxygen atoms in total. The minimum atomic E-state index is -3.45. The minimum absolute atomic E-state index is 0.104. The lowest BCUT2D eigenvalue weighted by Gasteiger charge is -2.19. The van der Waals surface area contributed by atoms with E-state index in [2.05, 4.69) is 66.7 Å². The number of hydrogen-bond acceptors (Lipinski definition) is 5. The molecule has 1 heterocycles. The van der Waals surface area contributed by atoms with Gasteiger partial charge in [-0.2, -0.15) is 0 Å². The lowest BCUT2D eigenvalue weighted by molar-refractivity contribution is 0.520. The van der Waals surface area contributed by atoms with Gasteiger partial charge in [-0.25, -0.2) is 12.7 Å². The molecule has 0 spiro atoms. The van der Waals surface area contributed by atoms with Crippen LogP contribution in [0.25, 0.3) is 11.4 Å². The second-order valence-corrected chi connectivity index (χ2v) is 11.7. The summed E-state index contributed by atoms with van der Waals surface area (Å²) in [6.45, 7) is 9.42. The van der Waals surface area contributed by atoms with Crippen LogP contribution in [0, 0.1) is 0 Å². The molecule has 8 heteroatoms. The van der Waals surface area contributed by atoms with Gasteiger partial charge in [0.25, 0.3) is 0 Å². The number of aromatic nitrogens is 3. The van der Waals surface area contributed by atoms with Crippen molar-refractivity contribution in [3.8, 4) is 11.4 Å². The fourth-order valence-electron chi connectivity index (χ4n) is 3.17. The lowest BCUT2D eigenvalue weighted by Crippen LogP contribution is -2.22. The standard InChI is InChI=1S/C23H30N4O2S2/c1-7-27-21(18-11-13-19(14-12-18)23(2,3)4)24-25-22(27)30-16-17-9-8-10-20(15-17)31(28,29)26(5)6/h8-15H,7,16H2,1-6H3. The van der Waals surface area contributed by atoms with Gasteiger partial charge < -0.3 is 4.57 Å². The minimum Gasteiger partial charge on any atom is -0.302 e. The molecule has 0 fully saturated rings. The van der Waals surface area contributed by atoms with Crippen molar-refractivity contribution in [3.05, 3.63) is 59.7 Å². The monoisotopic (exact) mass is 458 g/mol. The molecular weight excluding hydrogens is 428 g/mol. The van der Waals surface area contributed by atoms with Crippen molar-refractivity contribution in [1.82, 2.24) is 19.1 Å². The van der Waals surface area contributed by atoms with Gasteiger partial charge in [-0.15, -0.1) is 10.2 Å². The fourth-order valence-corrected chi connectivity index (χ4v) is 5.09. The highest BCUT2D eigenvalue weighted by Crippen LogP contribution is 2.29. The van der Waals surface area contributed by atoms with Crippen molar-refractivity contribution in [2.24, 2.45) is 0 Å². The van der Waals surface area contributed by atoms with Gasteiger partial charge in [0.05, 0.1) is 4.90 Å². The summed E-state index contributed by atoms with van der Waals surface area (Å²) in [4.78, 5) is 0.298. The van der Waals surface area contributed by atoms with E-state index in [0.717, 1.165) is 28.7 Å². The SMILES string of the molecule is CCn1c(SCc2cccc(S(=O)(=O)N(C)C)c2)nnc1-c1ccc(C(C)(C)C)cc1. The van der Waals surface area contributed by atoms with Crippen LogP contribution in [0.2, 0.25) is 0 Å². The van der Waals surface area contributed by atoms with Gasteiger partial charge in [0.2, 0.25) is 10.0 Å². The third-order valence-corrected chi connectivity index (χ3v) is 7.94. The van der Waals surface area contributed by atoms with Crippen molar-refractivity contribution in [2.45, 2.75) is 55.5 Å². The number of hydrogen-bond donors (Lipinski definition) is 0. The maximum absolute atomic E-state index is 12.4. The molecule has 3 rings (SSSR count). The van der Waals surface area contributed by atoms with Crippen molar-refractivity contribution >= 4 is 21.8 Å². The van der Waals surface area contributed by atoms with E-state index >= 15 is 0 Å². The molecule has 0 aliphatic rings. The predicted molar refractivity (Wildman–Crippen MR) is 127 cm³/mol. The van der Waals surface area contributed by atoms with E-state index in [-0.39, 0.29) is 5.41 Å². The van der Waals surface area contributed by atoms with Gasteiger partial charge >= 0.3 is 0 Å². The molecule has 0 amide bonds. The van der Waals surface area contributed by atoms with Crippen molar-refractivity contribution < 1.29 is 8.42 Å². The summed E-state index contributed by atoms with van der Waals surface area (Å²) in [5.74, 6) is 1.45. The Morgan fingerprint density at radius 3 is 2.29 bits per heavy atom. The summed E-state index contributed by atoms with van der Waals surface area (Å²) in [5, 5.41) is 9.65. The number of thioether (sulfide) groups is 1. The van der Waals surface area contributed by atoms with Gasteiger partial charge in [-0.1, -0.05) is 68.9 Å². The quantitative estimate of drug-likeness (QED) is 0.476. The van der Waals surface area contributed by atoms with Crippen molar-refractivity contribution in [3.63, 3.8) is 0 Å². The summed E-state index contributed by atoms with van der Waals surface area (Å²) in [6.07, 6.45) is 0. The van der Waals surface area contributed by atoms with E-state index < -0.39 is 10.0 Å². The lowest BCUT2D eigenvalue weighted by atomic mass is 9.87. The molecule has 0 bridgehead atoms.